The van der Waals surface area contributed by atoms with Crippen LogP contribution in [0.4, 0.5) is 0 Å². The van der Waals surface area contributed by atoms with E-state index in [4.69, 9.17) is 9.47 Å². The number of rotatable bonds is 3. The van der Waals surface area contributed by atoms with Gasteiger partial charge in [0.2, 0.25) is 0 Å². The number of carbonyl (C=O) groups excluding carboxylic acids is 1. The van der Waals surface area contributed by atoms with E-state index in [-0.39, 0.29) is 5.97 Å². The van der Waals surface area contributed by atoms with Gasteiger partial charge in [0.25, 0.3) is 0 Å². The minimum Gasteiger partial charge on any atom is -0.496 e. The van der Waals surface area contributed by atoms with Gasteiger partial charge in [-0.15, -0.1) is 0 Å². The van der Waals surface area contributed by atoms with Gasteiger partial charge in [-0.05, 0) is 90.3 Å². The minimum absolute atomic E-state index is 0.293. The van der Waals surface area contributed by atoms with Gasteiger partial charge in [0, 0.05) is 12.5 Å². The lowest BCUT2D eigenvalue weighted by Crippen LogP contribution is -2.40. The fraction of sp³-hybridized carbons (Fsp3) is 0.458. The van der Waals surface area contributed by atoms with E-state index in [9.17, 15) is 4.79 Å². The Morgan fingerprint density at radius 1 is 0.889 bits per heavy atom. The molecule has 0 aromatic heterocycles. The Bertz CT molecular complexity index is 910. The molecule has 0 saturated heterocycles. The molecular weight excluding hydrogens is 336 g/mol. The lowest BCUT2D eigenvalue weighted by molar-refractivity contribution is -0.131. The Balaban J connectivity index is 1.57. The Hall–Kier alpha value is -2.29. The molecule has 3 heteroatoms. The van der Waals surface area contributed by atoms with Crippen molar-refractivity contribution in [3.63, 3.8) is 0 Å². The maximum Gasteiger partial charge on any atom is 0.308 e. The summed E-state index contributed by atoms with van der Waals surface area (Å²) in [6.45, 7) is 1.43. The summed E-state index contributed by atoms with van der Waals surface area (Å²) in [6, 6.07) is 12.3. The highest BCUT2D eigenvalue weighted by molar-refractivity contribution is 5.87. The molecule has 4 bridgehead atoms. The SMILES string of the molecule is COC(=C1C2CC3CC(C2)CC1C3)c1ccc2ccc(OC(C)=O)cc2c1. The van der Waals surface area contributed by atoms with E-state index in [0.717, 1.165) is 33.9 Å². The van der Waals surface area contributed by atoms with Crippen LogP contribution < -0.4 is 4.74 Å². The molecule has 2 aromatic rings. The standard InChI is InChI=1S/C24H26O3/c1-14(25)27-22-6-5-17-3-4-18(12-19(17)13-22)24(26-2)23-20-8-15-7-16(10-20)11-21(23)9-15/h3-6,12-13,15-16,20-21H,7-11H2,1-2H3. The molecule has 0 amide bonds. The van der Waals surface area contributed by atoms with Crippen molar-refractivity contribution in [1.29, 1.82) is 0 Å². The summed E-state index contributed by atoms with van der Waals surface area (Å²) < 4.78 is 11.3. The summed E-state index contributed by atoms with van der Waals surface area (Å²) in [5.41, 5.74) is 2.72. The van der Waals surface area contributed by atoms with E-state index in [2.05, 4.69) is 18.2 Å². The van der Waals surface area contributed by atoms with Crippen LogP contribution in [0.1, 0.15) is 44.6 Å². The van der Waals surface area contributed by atoms with Crippen LogP contribution in [0.2, 0.25) is 0 Å². The molecule has 0 spiro atoms. The molecular formula is C24H26O3. The molecule has 3 nitrogen and oxygen atoms in total. The van der Waals surface area contributed by atoms with Crippen LogP contribution in [0.3, 0.4) is 0 Å². The van der Waals surface area contributed by atoms with Gasteiger partial charge in [-0.25, -0.2) is 0 Å². The van der Waals surface area contributed by atoms with Gasteiger partial charge in [0.05, 0.1) is 7.11 Å². The van der Waals surface area contributed by atoms with E-state index < -0.39 is 0 Å². The van der Waals surface area contributed by atoms with Crippen LogP contribution in [0.5, 0.6) is 5.75 Å². The highest BCUT2D eigenvalue weighted by Gasteiger charge is 2.46. The van der Waals surface area contributed by atoms with Gasteiger partial charge >= 0.3 is 5.97 Å². The van der Waals surface area contributed by atoms with Crippen molar-refractivity contribution in [2.24, 2.45) is 23.7 Å². The molecule has 0 N–H and O–H groups in total. The number of allylic oxidation sites excluding steroid dienone is 1. The van der Waals surface area contributed by atoms with Crippen LogP contribution in [-0.4, -0.2) is 13.1 Å². The molecule has 0 heterocycles. The van der Waals surface area contributed by atoms with Crippen molar-refractivity contribution in [2.45, 2.75) is 39.0 Å². The lowest BCUT2D eigenvalue weighted by atomic mass is 9.54. The second-order valence-electron chi connectivity index (χ2n) is 8.61. The molecule has 140 valence electrons. The van der Waals surface area contributed by atoms with E-state index >= 15 is 0 Å². The second kappa shape index (κ2) is 6.40. The minimum atomic E-state index is -0.293. The largest absolute Gasteiger partial charge is 0.496 e. The number of methoxy groups -OCH3 is 1. The first-order valence-electron chi connectivity index (χ1n) is 10.1. The summed E-state index contributed by atoms with van der Waals surface area (Å²) in [4.78, 5) is 11.3. The van der Waals surface area contributed by atoms with Gasteiger partial charge in [-0.2, -0.15) is 0 Å². The van der Waals surface area contributed by atoms with Crippen molar-refractivity contribution in [2.75, 3.05) is 7.11 Å². The van der Waals surface area contributed by atoms with E-state index in [1.165, 1.54) is 39.0 Å². The van der Waals surface area contributed by atoms with E-state index in [1.807, 2.05) is 25.3 Å². The number of ether oxygens (including phenoxy) is 2. The molecule has 4 saturated carbocycles. The number of esters is 1. The molecule has 4 aliphatic rings. The third-order valence-electron chi connectivity index (χ3n) is 6.82. The normalized spacial score (nSPS) is 28.4. The first-order chi connectivity index (χ1) is 13.1. The predicted molar refractivity (Wildman–Crippen MR) is 106 cm³/mol. The highest BCUT2D eigenvalue weighted by Crippen LogP contribution is 2.57. The fourth-order valence-electron chi connectivity index (χ4n) is 6.06. The Labute approximate surface area is 160 Å². The van der Waals surface area contributed by atoms with Crippen molar-refractivity contribution in [1.82, 2.24) is 0 Å². The average Bonchev–Trinajstić information content (AvgIpc) is 2.63. The number of fused-ring (bicyclic) bond motifs is 1. The third-order valence-corrected chi connectivity index (χ3v) is 6.82. The Kier molecular flexibility index (Phi) is 3.99. The zero-order valence-electron chi connectivity index (χ0n) is 16.0. The number of benzene rings is 2. The first-order valence-corrected chi connectivity index (χ1v) is 10.1. The van der Waals surface area contributed by atoms with Crippen LogP contribution in [0.15, 0.2) is 42.0 Å². The van der Waals surface area contributed by atoms with Crippen LogP contribution in [0.25, 0.3) is 16.5 Å². The number of hydrogen-bond donors (Lipinski definition) is 0. The Morgan fingerprint density at radius 3 is 2.19 bits per heavy atom. The topological polar surface area (TPSA) is 35.5 Å². The highest BCUT2D eigenvalue weighted by atomic mass is 16.5. The molecule has 27 heavy (non-hydrogen) atoms. The summed E-state index contributed by atoms with van der Waals surface area (Å²) in [7, 11) is 1.81. The average molecular weight is 362 g/mol. The van der Waals surface area contributed by atoms with Crippen molar-refractivity contribution in [3.8, 4) is 5.75 Å². The zero-order valence-corrected chi connectivity index (χ0v) is 16.0. The molecule has 6 rings (SSSR count). The Morgan fingerprint density at radius 2 is 1.56 bits per heavy atom. The zero-order chi connectivity index (χ0) is 18.5. The smallest absolute Gasteiger partial charge is 0.308 e. The second-order valence-corrected chi connectivity index (χ2v) is 8.61. The first kappa shape index (κ1) is 16.9. The van der Waals surface area contributed by atoms with Gasteiger partial charge < -0.3 is 9.47 Å². The van der Waals surface area contributed by atoms with Gasteiger partial charge in [0.15, 0.2) is 0 Å². The van der Waals surface area contributed by atoms with Gasteiger partial charge in [0.1, 0.15) is 11.5 Å². The maximum atomic E-state index is 11.3. The van der Waals surface area contributed by atoms with Gasteiger partial charge in [-0.3, -0.25) is 4.79 Å². The summed E-state index contributed by atoms with van der Waals surface area (Å²) in [6.07, 6.45) is 6.84. The summed E-state index contributed by atoms with van der Waals surface area (Å²) in [5.74, 6) is 4.68. The quantitative estimate of drug-likeness (QED) is 0.406. The number of carbonyl (C=O) groups is 1. The number of hydrogen-bond acceptors (Lipinski definition) is 3. The van der Waals surface area contributed by atoms with Crippen LogP contribution in [-0.2, 0) is 9.53 Å². The van der Waals surface area contributed by atoms with Crippen LogP contribution >= 0.6 is 0 Å². The van der Waals surface area contributed by atoms with Crippen molar-refractivity contribution < 1.29 is 14.3 Å². The fourth-order valence-corrected chi connectivity index (χ4v) is 6.06. The molecule has 4 aliphatic carbocycles. The van der Waals surface area contributed by atoms with Crippen molar-refractivity contribution >= 4 is 22.5 Å². The summed E-state index contributed by atoms with van der Waals surface area (Å²) >= 11 is 0. The molecule has 0 radical (unpaired) electrons. The monoisotopic (exact) mass is 362 g/mol. The predicted octanol–water partition coefficient (Wildman–Crippen LogP) is 5.58. The van der Waals surface area contributed by atoms with Crippen LogP contribution in [0, 0.1) is 23.7 Å². The van der Waals surface area contributed by atoms with Crippen molar-refractivity contribution in [3.05, 3.63) is 47.5 Å². The van der Waals surface area contributed by atoms with E-state index in [1.54, 1.807) is 5.57 Å². The molecule has 0 unspecified atom stereocenters. The van der Waals surface area contributed by atoms with Gasteiger partial charge in [-0.1, -0.05) is 18.2 Å². The molecule has 2 aromatic carbocycles. The molecule has 0 atom stereocenters. The summed E-state index contributed by atoms with van der Waals surface area (Å²) in [5, 5.41) is 2.21. The molecule has 4 fully saturated rings. The molecule has 0 aliphatic heterocycles. The third kappa shape index (κ3) is 2.93. The van der Waals surface area contributed by atoms with E-state index in [0.29, 0.717) is 17.6 Å². The lowest BCUT2D eigenvalue weighted by Gasteiger charge is -2.51. The maximum absolute atomic E-state index is 11.3.